The molecule has 4 rings (SSSR count). The summed E-state index contributed by atoms with van der Waals surface area (Å²) in [6.07, 6.45) is 1.70. The van der Waals surface area contributed by atoms with Crippen LogP contribution in [0.3, 0.4) is 0 Å². The van der Waals surface area contributed by atoms with Gasteiger partial charge in [0, 0.05) is 28.1 Å². The van der Waals surface area contributed by atoms with Gasteiger partial charge in [0.05, 0.1) is 0 Å². The number of fused-ring (bicyclic) bond motifs is 1. The third-order valence-electron chi connectivity index (χ3n) is 3.71. The Bertz CT molecular complexity index is 933. The van der Waals surface area contributed by atoms with Gasteiger partial charge < -0.3 is 20.1 Å². The van der Waals surface area contributed by atoms with Gasteiger partial charge in [-0.05, 0) is 48.9 Å². The number of nitrogens with one attached hydrogen (secondary N) is 2. The standard InChI is InChI=1S/C18H15BrN4O2/c1-11-8-12(2-4-14(11)19)21-17-6-7-20-18(23-17)22-13-3-5-15-16(9-13)25-10-24-15/h2-9H,10H2,1H3,(H2,20,21,22,23). The number of anilines is 4. The van der Waals surface area contributed by atoms with Gasteiger partial charge >= 0.3 is 0 Å². The van der Waals surface area contributed by atoms with E-state index in [0.29, 0.717) is 17.5 Å². The van der Waals surface area contributed by atoms with Gasteiger partial charge in [-0.3, -0.25) is 0 Å². The Hall–Kier alpha value is -2.80. The second kappa shape index (κ2) is 6.60. The second-order valence-corrected chi connectivity index (χ2v) is 6.40. The summed E-state index contributed by atoms with van der Waals surface area (Å²) in [5.41, 5.74) is 2.95. The van der Waals surface area contributed by atoms with Gasteiger partial charge in [0.25, 0.3) is 0 Å². The quantitative estimate of drug-likeness (QED) is 0.659. The minimum Gasteiger partial charge on any atom is -0.454 e. The maximum Gasteiger partial charge on any atom is 0.231 e. The number of aromatic nitrogens is 2. The first-order valence-corrected chi connectivity index (χ1v) is 8.49. The summed E-state index contributed by atoms with van der Waals surface area (Å²) in [7, 11) is 0. The van der Waals surface area contributed by atoms with Crippen LogP contribution in [-0.2, 0) is 0 Å². The van der Waals surface area contributed by atoms with Crippen molar-refractivity contribution >= 4 is 39.1 Å². The SMILES string of the molecule is Cc1cc(Nc2ccnc(Nc3ccc4c(c3)OCO4)n2)ccc1Br. The lowest BCUT2D eigenvalue weighted by Crippen LogP contribution is -2.00. The predicted octanol–water partition coefficient (Wildman–Crippen LogP) is 4.76. The monoisotopic (exact) mass is 398 g/mol. The fourth-order valence-corrected chi connectivity index (χ4v) is 2.71. The molecule has 0 aliphatic carbocycles. The summed E-state index contributed by atoms with van der Waals surface area (Å²) in [5, 5.41) is 6.46. The highest BCUT2D eigenvalue weighted by Crippen LogP contribution is 2.34. The first kappa shape index (κ1) is 15.7. The van der Waals surface area contributed by atoms with Gasteiger partial charge in [-0.1, -0.05) is 15.9 Å². The number of aryl methyl sites for hydroxylation is 1. The highest BCUT2D eigenvalue weighted by Gasteiger charge is 2.13. The van der Waals surface area contributed by atoms with Crippen molar-refractivity contribution in [1.82, 2.24) is 9.97 Å². The molecule has 3 aromatic rings. The van der Waals surface area contributed by atoms with Crippen molar-refractivity contribution < 1.29 is 9.47 Å². The lowest BCUT2D eigenvalue weighted by Gasteiger charge is -2.10. The van der Waals surface area contributed by atoms with Crippen LogP contribution in [0.1, 0.15) is 5.56 Å². The van der Waals surface area contributed by atoms with Crippen LogP contribution in [0.4, 0.5) is 23.1 Å². The molecule has 7 heteroatoms. The van der Waals surface area contributed by atoms with E-state index < -0.39 is 0 Å². The Morgan fingerprint density at radius 2 is 1.76 bits per heavy atom. The van der Waals surface area contributed by atoms with Gasteiger partial charge in [-0.2, -0.15) is 4.98 Å². The Kier molecular flexibility index (Phi) is 4.15. The van der Waals surface area contributed by atoms with Crippen molar-refractivity contribution in [3.63, 3.8) is 0 Å². The second-order valence-electron chi connectivity index (χ2n) is 5.55. The maximum atomic E-state index is 5.38. The summed E-state index contributed by atoms with van der Waals surface area (Å²) in [6.45, 7) is 2.29. The molecule has 126 valence electrons. The van der Waals surface area contributed by atoms with Crippen LogP contribution >= 0.6 is 15.9 Å². The number of rotatable bonds is 4. The largest absolute Gasteiger partial charge is 0.454 e. The molecule has 0 saturated carbocycles. The van der Waals surface area contributed by atoms with Gasteiger partial charge in [-0.15, -0.1) is 0 Å². The normalized spacial score (nSPS) is 12.1. The van der Waals surface area contributed by atoms with Crippen LogP contribution in [0.2, 0.25) is 0 Å². The summed E-state index contributed by atoms with van der Waals surface area (Å²) < 4.78 is 11.8. The van der Waals surface area contributed by atoms with Crippen LogP contribution < -0.4 is 20.1 Å². The fourth-order valence-electron chi connectivity index (χ4n) is 2.46. The van der Waals surface area contributed by atoms with E-state index in [-0.39, 0.29) is 6.79 Å². The fraction of sp³-hybridized carbons (Fsp3) is 0.111. The molecule has 0 amide bonds. The van der Waals surface area contributed by atoms with E-state index in [2.05, 4.69) is 42.6 Å². The lowest BCUT2D eigenvalue weighted by atomic mass is 10.2. The molecule has 0 radical (unpaired) electrons. The van der Waals surface area contributed by atoms with E-state index in [1.54, 1.807) is 6.20 Å². The lowest BCUT2D eigenvalue weighted by molar-refractivity contribution is 0.174. The summed E-state index contributed by atoms with van der Waals surface area (Å²) >= 11 is 3.50. The minimum atomic E-state index is 0.251. The molecule has 0 saturated heterocycles. The molecule has 0 atom stereocenters. The molecule has 0 fully saturated rings. The van der Waals surface area contributed by atoms with Gasteiger partial charge in [0.1, 0.15) is 5.82 Å². The zero-order valence-electron chi connectivity index (χ0n) is 13.4. The van der Waals surface area contributed by atoms with Crippen LogP contribution in [-0.4, -0.2) is 16.8 Å². The van der Waals surface area contributed by atoms with E-state index in [9.17, 15) is 0 Å². The van der Waals surface area contributed by atoms with Gasteiger partial charge in [0.15, 0.2) is 11.5 Å². The number of benzene rings is 2. The highest BCUT2D eigenvalue weighted by atomic mass is 79.9. The first-order chi connectivity index (χ1) is 12.2. The van der Waals surface area contributed by atoms with Crippen molar-refractivity contribution in [3.05, 3.63) is 58.7 Å². The van der Waals surface area contributed by atoms with E-state index in [1.807, 2.05) is 43.3 Å². The molecule has 0 unspecified atom stereocenters. The summed E-state index contributed by atoms with van der Waals surface area (Å²) in [5.74, 6) is 2.66. The van der Waals surface area contributed by atoms with Crippen LogP contribution in [0.25, 0.3) is 0 Å². The number of halogens is 1. The smallest absolute Gasteiger partial charge is 0.231 e. The predicted molar refractivity (Wildman–Crippen MR) is 100 cm³/mol. The molecule has 1 aliphatic rings. The molecule has 0 spiro atoms. The van der Waals surface area contributed by atoms with Gasteiger partial charge in [-0.25, -0.2) is 4.98 Å². The highest BCUT2D eigenvalue weighted by molar-refractivity contribution is 9.10. The van der Waals surface area contributed by atoms with Crippen LogP contribution in [0.5, 0.6) is 11.5 Å². The molecule has 2 heterocycles. The van der Waals surface area contributed by atoms with Crippen molar-refractivity contribution in [2.75, 3.05) is 17.4 Å². The van der Waals surface area contributed by atoms with Crippen LogP contribution in [0, 0.1) is 6.92 Å². The molecule has 1 aliphatic heterocycles. The number of ether oxygens (including phenoxy) is 2. The first-order valence-electron chi connectivity index (χ1n) is 7.70. The van der Waals surface area contributed by atoms with Crippen molar-refractivity contribution in [2.45, 2.75) is 6.92 Å². The molecule has 6 nitrogen and oxygen atoms in total. The Morgan fingerprint density at radius 1 is 0.960 bits per heavy atom. The maximum absolute atomic E-state index is 5.38. The molecular weight excluding hydrogens is 384 g/mol. The molecule has 25 heavy (non-hydrogen) atoms. The van der Waals surface area contributed by atoms with E-state index >= 15 is 0 Å². The Balaban J connectivity index is 1.52. The summed E-state index contributed by atoms with van der Waals surface area (Å²) in [6, 6.07) is 13.5. The van der Waals surface area contributed by atoms with Crippen molar-refractivity contribution in [1.29, 1.82) is 0 Å². The third kappa shape index (κ3) is 3.51. The number of hydrogen-bond acceptors (Lipinski definition) is 6. The summed E-state index contributed by atoms with van der Waals surface area (Å²) in [4.78, 5) is 8.75. The van der Waals surface area contributed by atoms with E-state index in [4.69, 9.17) is 9.47 Å². The number of nitrogens with zero attached hydrogens (tertiary/aromatic N) is 2. The average molecular weight is 399 g/mol. The van der Waals surface area contributed by atoms with Gasteiger partial charge in [0.2, 0.25) is 12.7 Å². The topological polar surface area (TPSA) is 68.3 Å². The van der Waals surface area contributed by atoms with Crippen molar-refractivity contribution in [2.24, 2.45) is 0 Å². The average Bonchev–Trinajstić information content (AvgIpc) is 3.06. The van der Waals surface area contributed by atoms with E-state index in [1.165, 1.54) is 0 Å². The molecule has 0 bridgehead atoms. The molecule has 2 aromatic carbocycles. The minimum absolute atomic E-state index is 0.251. The van der Waals surface area contributed by atoms with Crippen LogP contribution in [0.15, 0.2) is 53.1 Å². The molecular formula is C18H15BrN4O2. The molecule has 1 aromatic heterocycles. The Labute approximate surface area is 153 Å². The third-order valence-corrected chi connectivity index (χ3v) is 4.60. The zero-order chi connectivity index (χ0) is 17.2. The molecule has 2 N–H and O–H groups in total. The van der Waals surface area contributed by atoms with E-state index in [0.717, 1.165) is 27.2 Å². The van der Waals surface area contributed by atoms with Crippen molar-refractivity contribution in [3.8, 4) is 11.5 Å². The number of hydrogen-bond donors (Lipinski definition) is 2. The zero-order valence-corrected chi connectivity index (χ0v) is 15.0. The Morgan fingerprint density at radius 3 is 2.64 bits per heavy atom.